The first kappa shape index (κ1) is 19.6. The van der Waals surface area contributed by atoms with Crippen molar-refractivity contribution in [1.29, 1.82) is 5.26 Å². The predicted molar refractivity (Wildman–Crippen MR) is 85.9 cm³/mol. The average Bonchev–Trinajstić information content (AvgIpc) is 2.52. The van der Waals surface area contributed by atoms with E-state index in [0.717, 1.165) is 25.0 Å². The molecule has 1 aromatic rings. The van der Waals surface area contributed by atoms with Crippen LogP contribution >= 0.6 is 0 Å². The fourth-order valence-corrected chi connectivity index (χ4v) is 2.11. The second-order valence-corrected chi connectivity index (χ2v) is 5.22. The van der Waals surface area contributed by atoms with E-state index in [4.69, 9.17) is 5.26 Å². The first-order chi connectivity index (χ1) is 11.3. The summed E-state index contributed by atoms with van der Waals surface area (Å²) < 4.78 is 38.1. The third-order valence-corrected chi connectivity index (χ3v) is 3.15. The number of nitrogens with one attached hydrogen (secondary N) is 1. The summed E-state index contributed by atoms with van der Waals surface area (Å²) in [5, 5.41) is 11.5. The van der Waals surface area contributed by atoms with E-state index in [9.17, 15) is 18.0 Å². The number of carbonyl (C=O) groups excluding carboxylic acids is 1. The molecule has 0 heterocycles. The van der Waals surface area contributed by atoms with E-state index in [1.807, 2.05) is 18.7 Å². The van der Waals surface area contributed by atoms with Gasteiger partial charge < -0.3 is 10.2 Å². The third-order valence-electron chi connectivity index (χ3n) is 3.15. The van der Waals surface area contributed by atoms with Crippen LogP contribution in [0, 0.1) is 11.3 Å². The predicted octanol–water partition coefficient (Wildman–Crippen LogP) is 4.17. The van der Waals surface area contributed by atoms with Crippen LogP contribution in [0.3, 0.4) is 0 Å². The number of anilines is 1. The largest absolute Gasteiger partial charge is 0.416 e. The number of amides is 1. The van der Waals surface area contributed by atoms with E-state index in [1.54, 1.807) is 6.07 Å². The van der Waals surface area contributed by atoms with Crippen molar-refractivity contribution in [2.75, 3.05) is 18.4 Å². The number of nitrogens with zero attached hydrogens (tertiary/aromatic N) is 2. The second-order valence-electron chi connectivity index (χ2n) is 5.22. The number of hydrogen-bond acceptors (Lipinski definition) is 3. The van der Waals surface area contributed by atoms with Crippen LogP contribution in [-0.4, -0.2) is 23.9 Å². The zero-order chi connectivity index (χ0) is 18.2. The number of nitriles is 1. The Balaban J connectivity index is 2.94. The highest BCUT2D eigenvalue weighted by Crippen LogP contribution is 2.30. The molecule has 0 fully saturated rings. The fraction of sp³-hybridized carbons (Fsp3) is 0.412. The SMILES string of the molecule is CCCN(/C=C(/C#N)C(=O)Nc1cccc(C(F)(F)F)c1)CCC. The summed E-state index contributed by atoms with van der Waals surface area (Å²) in [7, 11) is 0. The molecule has 7 heteroatoms. The molecule has 0 saturated heterocycles. The molecule has 0 aromatic heterocycles. The van der Waals surface area contributed by atoms with Gasteiger partial charge in [0.15, 0.2) is 0 Å². The Morgan fingerprint density at radius 1 is 1.29 bits per heavy atom. The summed E-state index contributed by atoms with van der Waals surface area (Å²) in [4.78, 5) is 14.0. The van der Waals surface area contributed by atoms with Crippen molar-refractivity contribution in [1.82, 2.24) is 4.90 Å². The smallest absolute Gasteiger partial charge is 0.376 e. The molecule has 1 N–H and O–H groups in total. The van der Waals surface area contributed by atoms with Crippen LogP contribution in [0.4, 0.5) is 18.9 Å². The molecule has 0 radical (unpaired) electrons. The van der Waals surface area contributed by atoms with Gasteiger partial charge in [-0.2, -0.15) is 18.4 Å². The first-order valence-electron chi connectivity index (χ1n) is 7.66. The summed E-state index contributed by atoms with van der Waals surface area (Å²) in [5.74, 6) is -0.728. The Hall–Kier alpha value is -2.49. The van der Waals surface area contributed by atoms with E-state index in [1.165, 1.54) is 18.3 Å². The van der Waals surface area contributed by atoms with Gasteiger partial charge in [-0.3, -0.25) is 4.79 Å². The normalized spacial score (nSPS) is 11.8. The number of hydrogen-bond donors (Lipinski definition) is 1. The summed E-state index contributed by atoms with van der Waals surface area (Å²) >= 11 is 0. The minimum Gasteiger partial charge on any atom is -0.376 e. The summed E-state index contributed by atoms with van der Waals surface area (Å²) in [6.07, 6.45) is -1.33. The molecule has 24 heavy (non-hydrogen) atoms. The van der Waals surface area contributed by atoms with E-state index in [2.05, 4.69) is 5.32 Å². The maximum absolute atomic E-state index is 12.7. The van der Waals surface area contributed by atoms with Crippen molar-refractivity contribution >= 4 is 11.6 Å². The van der Waals surface area contributed by atoms with Gasteiger partial charge in [0, 0.05) is 25.0 Å². The van der Waals surface area contributed by atoms with Gasteiger partial charge in [-0.1, -0.05) is 19.9 Å². The van der Waals surface area contributed by atoms with Gasteiger partial charge in [0.25, 0.3) is 5.91 Å². The molecule has 0 aliphatic rings. The Morgan fingerprint density at radius 3 is 2.42 bits per heavy atom. The van der Waals surface area contributed by atoms with Gasteiger partial charge >= 0.3 is 6.18 Å². The molecule has 0 bridgehead atoms. The standard InChI is InChI=1S/C17H20F3N3O/c1-3-8-23(9-4-2)12-13(11-21)16(24)22-15-7-5-6-14(10-15)17(18,19)20/h5-7,10,12H,3-4,8-9H2,1-2H3,(H,22,24)/b13-12-. The molecule has 0 aliphatic carbocycles. The van der Waals surface area contributed by atoms with E-state index in [0.29, 0.717) is 13.1 Å². The quantitative estimate of drug-likeness (QED) is 0.599. The average molecular weight is 339 g/mol. The lowest BCUT2D eigenvalue weighted by Gasteiger charge is -2.19. The van der Waals surface area contributed by atoms with Crippen molar-refractivity contribution in [3.8, 4) is 6.07 Å². The number of alkyl halides is 3. The Kier molecular flexibility index (Phi) is 7.31. The lowest BCUT2D eigenvalue weighted by molar-refractivity contribution is -0.137. The molecule has 4 nitrogen and oxygen atoms in total. The van der Waals surface area contributed by atoms with E-state index < -0.39 is 17.6 Å². The Labute approximate surface area is 139 Å². The summed E-state index contributed by atoms with van der Waals surface area (Å²) in [5.41, 5.74) is -1.01. The highest BCUT2D eigenvalue weighted by atomic mass is 19.4. The van der Waals surface area contributed by atoms with Crippen molar-refractivity contribution < 1.29 is 18.0 Å². The van der Waals surface area contributed by atoms with Crippen LogP contribution in [0.5, 0.6) is 0 Å². The lowest BCUT2D eigenvalue weighted by atomic mass is 10.2. The van der Waals surface area contributed by atoms with Crippen LogP contribution in [0.1, 0.15) is 32.3 Å². The number of benzene rings is 1. The number of halogens is 3. The molecule has 0 saturated carbocycles. The molecule has 0 unspecified atom stereocenters. The van der Waals surface area contributed by atoms with Crippen molar-refractivity contribution in [3.05, 3.63) is 41.6 Å². The van der Waals surface area contributed by atoms with Crippen LogP contribution in [0.2, 0.25) is 0 Å². The van der Waals surface area contributed by atoms with Crippen molar-refractivity contribution in [3.63, 3.8) is 0 Å². The number of rotatable bonds is 7. The molecule has 1 amide bonds. The lowest BCUT2D eigenvalue weighted by Crippen LogP contribution is -2.23. The van der Waals surface area contributed by atoms with Crippen LogP contribution < -0.4 is 5.32 Å². The highest BCUT2D eigenvalue weighted by Gasteiger charge is 2.30. The van der Waals surface area contributed by atoms with E-state index in [-0.39, 0.29) is 11.3 Å². The van der Waals surface area contributed by atoms with Gasteiger partial charge in [-0.25, -0.2) is 0 Å². The monoisotopic (exact) mass is 339 g/mol. The molecular weight excluding hydrogens is 319 g/mol. The van der Waals surface area contributed by atoms with Gasteiger partial charge in [0.2, 0.25) is 0 Å². The van der Waals surface area contributed by atoms with Crippen LogP contribution in [0.25, 0.3) is 0 Å². The third kappa shape index (κ3) is 5.95. The van der Waals surface area contributed by atoms with Crippen molar-refractivity contribution in [2.45, 2.75) is 32.9 Å². The molecule has 1 rings (SSSR count). The highest BCUT2D eigenvalue weighted by molar-refractivity contribution is 6.06. The molecular formula is C17H20F3N3O. The van der Waals surface area contributed by atoms with Crippen molar-refractivity contribution in [2.24, 2.45) is 0 Å². The Morgan fingerprint density at radius 2 is 1.92 bits per heavy atom. The molecule has 0 aliphatic heterocycles. The van der Waals surface area contributed by atoms with Gasteiger partial charge in [0.1, 0.15) is 11.6 Å². The molecule has 0 atom stereocenters. The van der Waals surface area contributed by atoms with Gasteiger partial charge in [-0.05, 0) is 31.0 Å². The summed E-state index contributed by atoms with van der Waals surface area (Å²) in [6, 6.07) is 6.10. The number of carbonyl (C=O) groups is 1. The van der Waals surface area contributed by atoms with Crippen LogP contribution in [-0.2, 0) is 11.0 Å². The molecule has 130 valence electrons. The second kappa shape index (κ2) is 8.96. The zero-order valence-corrected chi connectivity index (χ0v) is 13.7. The molecule has 0 spiro atoms. The van der Waals surface area contributed by atoms with Crippen LogP contribution in [0.15, 0.2) is 36.0 Å². The minimum atomic E-state index is -4.49. The molecule has 1 aromatic carbocycles. The zero-order valence-electron chi connectivity index (χ0n) is 13.7. The maximum atomic E-state index is 12.7. The first-order valence-corrected chi connectivity index (χ1v) is 7.66. The van der Waals surface area contributed by atoms with Gasteiger partial charge in [0.05, 0.1) is 5.56 Å². The van der Waals surface area contributed by atoms with Gasteiger partial charge in [-0.15, -0.1) is 0 Å². The fourth-order valence-electron chi connectivity index (χ4n) is 2.11. The minimum absolute atomic E-state index is 0.00601. The Bertz CT molecular complexity index is 627. The topological polar surface area (TPSA) is 56.1 Å². The maximum Gasteiger partial charge on any atom is 0.416 e. The summed E-state index contributed by atoms with van der Waals surface area (Å²) in [6.45, 7) is 5.34. The van der Waals surface area contributed by atoms with E-state index >= 15 is 0 Å².